The SMILES string of the molecule is COc1ccc(C(=O)N2CCCN(C(=O)CN3C(=O)c4ccccc4C3=O)CC2)cc1. The molecule has 160 valence electrons. The maximum Gasteiger partial charge on any atom is 0.262 e. The molecule has 0 radical (unpaired) electrons. The van der Waals surface area contributed by atoms with Crippen LogP contribution in [-0.2, 0) is 4.79 Å². The van der Waals surface area contributed by atoms with E-state index in [0.717, 1.165) is 4.90 Å². The summed E-state index contributed by atoms with van der Waals surface area (Å²) in [5, 5.41) is 0. The van der Waals surface area contributed by atoms with E-state index in [9.17, 15) is 19.2 Å². The van der Waals surface area contributed by atoms with E-state index in [4.69, 9.17) is 4.74 Å². The van der Waals surface area contributed by atoms with Crippen molar-refractivity contribution in [3.63, 3.8) is 0 Å². The van der Waals surface area contributed by atoms with Crippen molar-refractivity contribution >= 4 is 23.6 Å². The molecular weight excluding hydrogens is 398 g/mol. The summed E-state index contributed by atoms with van der Waals surface area (Å²) in [5.41, 5.74) is 1.21. The zero-order valence-corrected chi connectivity index (χ0v) is 17.2. The Hall–Kier alpha value is -3.68. The molecule has 4 amide bonds. The van der Waals surface area contributed by atoms with Crippen LogP contribution in [0.5, 0.6) is 5.75 Å². The molecule has 0 N–H and O–H groups in total. The van der Waals surface area contributed by atoms with Gasteiger partial charge in [-0.2, -0.15) is 0 Å². The molecule has 2 aliphatic heterocycles. The first-order valence-electron chi connectivity index (χ1n) is 10.2. The minimum absolute atomic E-state index is 0.0997. The highest BCUT2D eigenvalue weighted by molar-refractivity contribution is 6.22. The number of methoxy groups -OCH3 is 1. The van der Waals surface area contributed by atoms with Gasteiger partial charge < -0.3 is 14.5 Å². The summed E-state index contributed by atoms with van der Waals surface area (Å²) in [6.07, 6.45) is 0.621. The Balaban J connectivity index is 1.37. The molecule has 2 heterocycles. The van der Waals surface area contributed by atoms with Crippen LogP contribution in [0.1, 0.15) is 37.5 Å². The van der Waals surface area contributed by atoms with Gasteiger partial charge in [-0.05, 0) is 42.8 Å². The van der Waals surface area contributed by atoms with E-state index in [1.165, 1.54) is 0 Å². The predicted octanol–water partition coefficient (Wildman–Crippen LogP) is 1.67. The van der Waals surface area contributed by atoms with Crippen LogP contribution in [0.2, 0.25) is 0 Å². The topological polar surface area (TPSA) is 87.2 Å². The summed E-state index contributed by atoms with van der Waals surface area (Å²) >= 11 is 0. The molecule has 2 aromatic rings. The molecule has 1 saturated heterocycles. The van der Waals surface area contributed by atoms with Crippen LogP contribution in [0.25, 0.3) is 0 Å². The van der Waals surface area contributed by atoms with Crippen molar-refractivity contribution in [3.05, 3.63) is 65.2 Å². The maximum atomic E-state index is 12.8. The Morgan fingerprint density at radius 3 is 2.03 bits per heavy atom. The van der Waals surface area contributed by atoms with Gasteiger partial charge in [0.15, 0.2) is 0 Å². The number of nitrogens with zero attached hydrogens (tertiary/aromatic N) is 3. The molecule has 0 unspecified atom stereocenters. The number of rotatable bonds is 4. The molecule has 0 bridgehead atoms. The summed E-state index contributed by atoms with van der Waals surface area (Å²) in [4.78, 5) is 55.0. The second kappa shape index (κ2) is 8.59. The lowest BCUT2D eigenvalue weighted by Gasteiger charge is -2.24. The van der Waals surface area contributed by atoms with Gasteiger partial charge in [0.1, 0.15) is 12.3 Å². The van der Waals surface area contributed by atoms with Gasteiger partial charge >= 0.3 is 0 Å². The van der Waals surface area contributed by atoms with Crippen LogP contribution in [0.15, 0.2) is 48.5 Å². The third kappa shape index (κ3) is 4.01. The zero-order chi connectivity index (χ0) is 22.0. The van der Waals surface area contributed by atoms with Gasteiger partial charge in [-0.1, -0.05) is 12.1 Å². The first kappa shape index (κ1) is 20.6. The smallest absolute Gasteiger partial charge is 0.262 e. The second-order valence-corrected chi connectivity index (χ2v) is 7.50. The number of hydrogen-bond donors (Lipinski definition) is 0. The van der Waals surface area contributed by atoms with Crippen LogP contribution in [0.4, 0.5) is 0 Å². The molecule has 0 atom stereocenters. The number of carbonyl (C=O) groups excluding carboxylic acids is 4. The highest BCUT2D eigenvalue weighted by atomic mass is 16.5. The highest BCUT2D eigenvalue weighted by Gasteiger charge is 2.37. The van der Waals surface area contributed by atoms with Gasteiger partial charge in [0, 0.05) is 31.7 Å². The average Bonchev–Trinajstić information content (AvgIpc) is 2.97. The lowest BCUT2D eigenvalue weighted by molar-refractivity contribution is -0.131. The zero-order valence-electron chi connectivity index (χ0n) is 17.2. The number of benzene rings is 2. The van der Waals surface area contributed by atoms with Crippen LogP contribution in [0, 0.1) is 0 Å². The molecule has 0 aromatic heterocycles. The summed E-state index contributed by atoms with van der Waals surface area (Å²) in [5.74, 6) is -0.608. The Labute approximate surface area is 180 Å². The van der Waals surface area contributed by atoms with Crippen LogP contribution >= 0.6 is 0 Å². The maximum absolute atomic E-state index is 12.8. The van der Waals surface area contributed by atoms with E-state index in [2.05, 4.69) is 0 Å². The van der Waals surface area contributed by atoms with Crippen molar-refractivity contribution in [2.75, 3.05) is 39.8 Å². The third-order valence-electron chi connectivity index (χ3n) is 5.64. The fourth-order valence-corrected chi connectivity index (χ4v) is 3.90. The molecule has 8 nitrogen and oxygen atoms in total. The Morgan fingerprint density at radius 1 is 0.839 bits per heavy atom. The van der Waals surface area contributed by atoms with E-state index in [0.29, 0.717) is 55.0 Å². The van der Waals surface area contributed by atoms with Crippen molar-refractivity contribution in [2.45, 2.75) is 6.42 Å². The molecule has 31 heavy (non-hydrogen) atoms. The first-order chi connectivity index (χ1) is 15.0. The van der Waals surface area contributed by atoms with Crippen LogP contribution < -0.4 is 4.74 Å². The highest BCUT2D eigenvalue weighted by Crippen LogP contribution is 2.22. The van der Waals surface area contributed by atoms with Gasteiger partial charge in [0.05, 0.1) is 18.2 Å². The molecule has 8 heteroatoms. The van der Waals surface area contributed by atoms with E-state index in [-0.39, 0.29) is 18.4 Å². The normalized spacial score (nSPS) is 16.2. The van der Waals surface area contributed by atoms with Gasteiger partial charge in [0.2, 0.25) is 5.91 Å². The second-order valence-electron chi connectivity index (χ2n) is 7.50. The Bertz CT molecular complexity index is 999. The fraction of sp³-hybridized carbons (Fsp3) is 0.304. The van der Waals surface area contributed by atoms with Crippen molar-refractivity contribution in [2.24, 2.45) is 0 Å². The quantitative estimate of drug-likeness (QED) is 0.701. The van der Waals surface area contributed by atoms with Crippen molar-refractivity contribution in [1.29, 1.82) is 0 Å². The lowest BCUT2D eigenvalue weighted by atomic mass is 10.1. The van der Waals surface area contributed by atoms with Gasteiger partial charge in [-0.3, -0.25) is 24.1 Å². The summed E-state index contributed by atoms with van der Waals surface area (Å²) in [6.45, 7) is 1.44. The minimum Gasteiger partial charge on any atom is -0.497 e. The first-order valence-corrected chi connectivity index (χ1v) is 10.2. The molecule has 2 aliphatic rings. The number of hydrogen-bond acceptors (Lipinski definition) is 5. The van der Waals surface area contributed by atoms with Crippen LogP contribution in [0.3, 0.4) is 0 Å². The molecule has 4 rings (SSSR count). The molecule has 0 spiro atoms. The third-order valence-corrected chi connectivity index (χ3v) is 5.64. The average molecular weight is 421 g/mol. The van der Waals surface area contributed by atoms with E-state index < -0.39 is 11.8 Å². The molecule has 2 aromatic carbocycles. The number of carbonyl (C=O) groups is 4. The number of imide groups is 1. The fourth-order valence-electron chi connectivity index (χ4n) is 3.90. The van der Waals surface area contributed by atoms with Gasteiger partial charge in [0.25, 0.3) is 17.7 Å². The molecule has 1 fully saturated rings. The molecule has 0 saturated carbocycles. The van der Waals surface area contributed by atoms with Gasteiger partial charge in [-0.25, -0.2) is 0 Å². The van der Waals surface area contributed by atoms with E-state index in [1.807, 2.05) is 0 Å². The lowest BCUT2D eigenvalue weighted by Crippen LogP contribution is -2.44. The van der Waals surface area contributed by atoms with Gasteiger partial charge in [-0.15, -0.1) is 0 Å². The van der Waals surface area contributed by atoms with Crippen LogP contribution in [-0.4, -0.2) is 78.2 Å². The number of amides is 4. The van der Waals surface area contributed by atoms with Crippen molar-refractivity contribution in [1.82, 2.24) is 14.7 Å². The van der Waals surface area contributed by atoms with Crippen molar-refractivity contribution in [3.8, 4) is 5.75 Å². The molecular formula is C23H23N3O5. The number of ether oxygens (including phenoxy) is 1. The van der Waals surface area contributed by atoms with E-state index >= 15 is 0 Å². The predicted molar refractivity (Wildman–Crippen MR) is 112 cm³/mol. The summed E-state index contributed by atoms with van der Waals surface area (Å²) in [7, 11) is 1.57. The molecule has 0 aliphatic carbocycles. The van der Waals surface area contributed by atoms with Crippen molar-refractivity contribution < 1.29 is 23.9 Å². The Morgan fingerprint density at radius 2 is 1.42 bits per heavy atom. The minimum atomic E-state index is -0.444. The largest absolute Gasteiger partial charge is 0.497 e. The van der Waals surface area contributed by atoms with E-state index in [1.54, 1.807) is 65.4 Å². The summed E-state index contributed by atoms with van der Waals surface area (Å²) < 4.78 is 5.12. The number of fused-ring (bicyclic) bond motifs is 1. The Kier molecular flexibility index (Phi) is 5.70. The summed E-state index contributed by atoms with van der Waals surface area (Å²) in [6, 6.07) is 13.5. The monoisotopic (exact) mass is 421 g/mol. The standard InChI is InChI=1S/C23H23N3O5/c1-31-17-9-7-16(8-10-17)21(28)25-12-4-11-24(13-14-25)20(27)15-26-22(29)18-5-2-3-6-19(18)23(26)30/h2-3,5-10H,4,11-15H2,1H3.